The van der Waals surface area contributed by atoms with Crippen molar-refractivity contribution in [2.75, 3.05) is 13.2 Å². The maximum absolute atomic E-state index is 10.9. The van der Waals surface area contributed by atoms with E-state index in [4.69, 9.17) is 5.11 Å². The maximum atomic E-state index is 10.9. The summed E-state index contributed by atoms with van der Waals surface area (Å²) in [6.07, 6.45) is 0. The van der Waals surface area contributed by atoms with Crippen molar-refractivity contribution in [2.45, 2.75) is 19.9 Å². The number of carboxylic acids is 1. The summed E-state index contributed by atoms with van der Waals surface area (Å²) in [6.45, 7) is 3.32. The molecular weight excluding hydrogens is 162 g/mol. The molecule has 1 atom stereocenters. The Morgan fingerprint density at radius 2 is 2.17 bits per heavy atom. The third kappa shape index (κ3) is 4.68. The standard InChI is InChI=1S/C7H13NO4/c1-3-12-7(11)5(2)8-4-6(9)10/h5,8H,3-4H2,1-2H3,(H,9,10)/t5-/m0/s1. The summed E-state index contributed by atoms with van der Waals surface area (Å²) in [5, 5.41) is 10.8. The highest BCUT2D eigenvalue weighted by Gasteiger charge is 2.13. The lowest BCUT2D eigenvalue weighted by Crippen LogP contribution is -2.38. The van der Waals surface area contributed by atoms with E-state index in [0.29, 0.717) is 6.61 Å². The fourth-order valence-electron chi connectivity index (χ4n) is 0.591. The molecule has 2 N–H and O–H groups in total. The van der Waals surface area contributed by atoms with Gasteiger partial charge in [-0.05, 0) is 13.8 Å². The van der Waals surface area contributed by atoms with E-state index in [-0.39, 0.29) is 6.54 Å². The zero-order chi connectivity index (χ0) is 9.56. The van der Waals surface area contributed by atoms with Crippen molar-refractivity contribution in [2.24, 2.45) is 0 Å². The molecule has 0 radical (unpaired) electrons. The van der Waals surface area contributed by atoms with Crippen LogP contribution in [0.3, 0.4) is 0 Å². The van der Waals surface area contributed by atoms with Crippen LogP contribution >= 0.6 is 0 Å². The fraction of sp³-hybridized carbons (Fsp3) is 0.714. The summed E-state index contributed by atoms with van der Waals surface area (Å²) >= 11 is 0. The van der Waals surface area contributed by atoms with Crippen LogP contribution in [0, 0.1) is 0 Å². The highest BCUT2D eigenvalue weighted by Crippen LogP contribution is 1.86. The van der Waals surface area contributed by atoms with Gasteiger partial charge in [0.15, 0.2) is 0 Å². The number of carbonyl (C=O) groups is 2. The molecule has 0 saturated carbocycles. The predicted octanol–water partition coefficient (Wildman–Crippen LogP) is -0.388. The third-order valence-electron chi connectivity index (χ3n) is 1.20. The average molecular weight is 175 g/mol. The molecule has 0 saturated heterocycles. The van der Waals surface area contributed by atoms with Gasteiger partial charge in [-0.15, -0.1) is 0 Å². The van der Waals surface area contributed by atoms with E-state index in [1.165, 1.54) is 0 Å². The molecule has 0 heterocycles. The first-order valence-corrected chi connectivity index (χ1v) is 3.69. The second-order valence-electron chi connectivity index (χ2n) is 2.25. The lowest BCUT2D eigenvalue weighted by Gasteiger charge is -2.09. The molecule has 0 aromatic carbocycles. The molecule has 0 rings (SSSR count). The van der Waals surface area contributed by atoms with Gasteiger partial charge in [-0.1, -0.05) is 0 Å². The van der Waals surface area contributed by atoms with Crippen molar-refractivity contribution < 1.29 is 19.4 Å². The van der Waals surface area contributed by atoms with Gasteiger partial charge in [0.25, 0.3) is 0 Å². The molecular formula is C7H13NO4. The molecule has 0 spiro atoms. The number of hydrogen-bond acceptors (Lipinski definition) is 4. The Morgan fingerprint density at radius 1 is 1.58 bits per heavy atom. The summed E-state index contributed by atoms with van der Waals surface area (Å²) in [7, 11) is 0. The van der Waals surface area contributed by atoms with Crippen molar-refractivity contribution in [1.29, 1.82) is 0 Å². The number of hydrogen-bond donors (Lipinski definition) is 2. The first kappa shape index (κ1) is 10.9. The molecule has 0 bridgehead atoms. The number of esters is 1. The van der Waals surface area contributed by atoms with E-state index in [1.54, 1.807) is 13.8 Å². The summed E-state index contributed by atoms with van der Waals surface area (Å²) in [5.74, 6) is -1.43. The third-order valence-corrected chi connectivity index (χ3v) is 1.20. The normalized spacial score (nSPS) is 12.2. The Hall–Kier alpha value is -1.10. The Labute approximate surface area is 70.7 Å². The Bertz CT molecular complexity index is 169. The monoisotopic (exact) mass is 175 g/mol. The van der Waals surface area contributed by atoms with Crippen LogP contribution in [0.25, 0.3) is 0 Å². The van der Waals surface area contributed by atoms with Gasteiger partial charge in [-0.2, -0.15) is 0 Å². The average Bonchev–Trinajstić information content (AvgIpc) is 2.00. The van der Waals surface area contributed by atoms with Gasteiger partial charge >= 0.3 is 11.9 Å². The van der Waals surface area contributed by atoms with E-state index in [2.05, 4.69) is 10.1 Å². The van der Waals surface area contributed by atoms with Gasteiger partial charge in [0.2, 0.25) is 0 Å². The van der Waals surface area contributed by atoms with Gasteiger partial charge in [-0.3, -0.25) is 14.9 Å². The zero-order valence-corrected chi connectivity index (χ0v) is 7.16. The van der Waals surface area contributed by atoms with Gasteiger partial charge in [0.05, 0.1) is 13.2 Å². The molecule has 0 fully saturated rings. The second kappa shape index (κ2) is 5.54. The molecule has 0 aromatic rings. The largest absolute Gasteiger partial charge is 0.480 e. The summed E-state index contributed by atoms with van der Waals surface area (Å²) in [6, 6.07) is -0.568. The SMILES string of the molecule is CCOC(=O)[C@H](C)NCC(=O)O. The van der Waals surface area contributed by atoms with Crippen molar-refractivity contribution in [3.8, 4) is 0 Å². The molecule has 70 valence electrons. The second-order valence-corrected chi connectivity index (χ2v) is 2.25. The quantitative estimate of drug-likeness (QED) is 0.557. The van der Waals surface area contributed by atoms with Crippen LogP contribution in [0.2, 0.25) is 0 Å². The number of carbonyl (C=O) groups excluding carboxylic acids is 1. The smallest absolute Gasteiger partial charge is 0.322 e. The summed E-state index contributed by atoms with van der Waals surface area (Å²) in [5.41, 5.74) is 0. The molecule has 0 aromatic heterocycles. The minimum atomic E-state index is -0.994. The molecule has 0 aliphatic carbocycles. The van der Waals surface area contributed by atoms with Gasteiger partial charge in [0, 0.05) is 0 Å². The minimum absolute atomic E-state index is 0.236. The van der Waals surface area contributed by atoms with Gasteiger partial charge < -0.3 is 9.84 Å². The number of ether oxygens (including phenoxy) is 1. The van der Waals surface area contributed by atoms with E-state index < -0.39 is 18.0 Å². The molecule has 12 heavy (non-hydrogen) atoms. The van der Waals surface area contributed by atoms with Crippen LogP contribution in [-0.4, -0.2) is 36.2 Å². The number of rotatable bonds is 5. The van der Waals surface area contributed by atoms with Crippen molar-refractivity contribution >= 4 is 11.9 Å². The van der Waals surface area contributed by atoms with E-state index in [0.717, 1.165) is 0 Å². The van der Waals surface area contributed by atoms with E-state index in [9.17, 15) is 9.59 Å². The number of aliphatic carboxylic acids is 1. The van der Waals surface area contributed by atoms with E-state index >= 15 is 0 Å². The van der Waals surface area contributed by atoms with Crippen molar-refractivity contribution in [3.63, 3.8) is 0 Å². The predicted molar refractivity (Wildman–Crippen MR) is 41.7 cm³/mol. The van der Waals surface area contributed by atoms with E-state index in [1.807, 2.05) is 0 Å². The molecule has 0 aliphatic rings. The van der Waals surface area contributed by atoms with Crippen LogP contribution < -0.4 is 5.32 Å². The van der Waals surface area contributed by atoms with Gasteiger partial charge in [0.1, 0.15) is 6.04 Å². The summed E-state index contributed by atoms with van der Waals surface area (Å²) < 4.78 is 4.64. The maximum Gasteiger partial charge on any atom is 0.322 e. The van der Waals surface area contributed by atoms with Crippen LogP contribution in [0.5, 0.6) is 0 Å². The first-order valence-electron chi connectivity index (χ1n) is 3.69. The molecule has 0 unspecified atom stereocenters. The Morgan fingerprint density at radius 3 is 2.58 bits per heavy atom. The highest BCUT2D eigenvalue weighted by molar-refractivity contribution is 5.76. The topological polar surface area (TPSA) is 75.6 Å². The molecule has 0 amide bonds. The lowest BCUT2D eigenvalue weighted by molar-refractivity contribution is -0.145. The van der Waals surface area contributed by atoms with Crippen LogP contribution in [0.1, 0.15) is 13.8 Å². The fourth-order valence-corrected chi connectivity index (χ4v) is 0.591. The van der Waals surface area contributed by atoms with Crippen LogP contribution in [0.15, 0.2) is 0 Å². The first-order chi connectivity index (χ1) is 5.57. The Balaban J connectivity index is 3.63. The summed E-state index contributed by atoms with van der Waals surface area (Å²) in [4.78, 5) is 20.9. The Kier molecular flexibility index (Phi) is 5.03. The molecule has 5 nitrogen and oxygen atoms in total. The number of nitrogens with one attached hydrogen (secondary N) is 1. The van der Waals surface area contributed by atoms with Gasteiger partial charge in [-0.25, -0.2) is 0 Å². The van der Waals surface area contributed by atoms with Crippen LogP contribution in [-0.2, 0) is 14.3 Å². The molecule has 5 heteroatoms. The lowest BCUT2D eigenvalue weighted by atomic mass is 10.3. The van der Waals surface area contributed by atoms with Crippen molar-refractivity contribution in [1.82, 2.24) is 5.32 Å². The highest BCUT2D eigenvalue weighted by atomic mass is 16.5. The zero-order valence-electron chi connectivity index (χ0n) is 7.16. The number of carboxylic acid groups (broad SMARTS) is 1. The van der Waals surface area contributed by atoms with Crippen LogP contribution in [0.4, 0.5) is 0 Å². The minimum Gasteiger partial charge on any atom is -0.480 e. The molecule has 0 aliphatic heterocycles. The van der Waals surface area contributed by atoms with Crippen molar-refractivity contribution in [3.05, 3.63) is 0 Å².